The molecule has 2 nitrogen and oxygen atoms in total. The van der Waals surface area contributed by atoms with Gasteiger partial charge in [0.15, 0.2) is 6.79 Å². The zero-order valence-electron chi connectivity index (χ0n) is 7.61. The highest BCUT2D eigenvalue weighted by atomic mass is 16.7. The zero-order valence-corrected chi connectivity index (χ0v) is 7.61. The van der Waals surface area contributed by atoms with Crippen LogP contribution in [0.1, 0.15) is 19.3 Å². The molecule has 0 bridgehead atoms. The van der Waals surface area contributed by atoms with Crippen LogP contribution in [0, 0.1) is 0 Å². The Morgan fingerprint density at radius 1 is 1.15 bits per heavy atom. The normalized spacial score (nSPS) is 16.6. The fourth-order valence-corrected chi connectivity index (χ4v) is 1.25. The van der Waals surface area contributed by atoms with Crippen molar-refractivity contribution >= 4 is 0 Å². The van der Waals surface area contributed by atoms with Gasteiger partial charge in [-0.05, 0) is 31.4 Å². The van der Waals surface area contributed by atoms with Crippen LogP contribution in [0.25, 0.3) is 0 Å². The van der Waals surface area contributed by atoms with Gasteiger partial charge in [0, 0.05) is 0 Å². The van der Waals surface area contributed by atoms with Gasteiger partial charge < -0.3 is 9.47 Å². The van der Waals surface area contributed by atoms with E-state index in [-0.39, 0.29) is 0 Å². The Kier molecular flexibility index (Phi) is 2.82. The third kappa shape index (κ3) is 2.46. The van der Waals surface area contributed by atoms with E-state index in [4.69, 9.17) is 9.47 Å². The van der Waals surface area contributed by atoms with Gasteiger partial charge in [-0.2, -0.15) is 0 Å². The lowest BCUT2D eigenvalue weighted by Gasteiger charge is -2.25. The van der Waals surface area contributed by atoms with Crippen molar-refractivity contribution in [2.24, 2.45) is 0 Å². The molecule has 1 aromatic rings. The van der Waals surface area contributed by atoms with Crippen LogP contribution in [-0.4, -0.2) is 12.9 Å². The molecule has 1 fully saturated rings. The first-order chi connectivity index (χ1) is 6.45. The smallest absolute Gasteiger partial charge is 0.189 e. The van der Waals surface area contributed by atoms with Gasteiger partial charge in [-0.25, -0.2) is 0 Å². The summed E-state index contributed by atoms with van der Waals surface area (Å²) in [5.41, 5.74) is 0. The molecule has 1 aliphatic carbocycles. The van der Waals surface area contributed by atoms with Crippen molar-refractivity contribution in [3.05, 3.63) is 30.3 Å². The van der Waals surface area contributed by atoms with Gasteiger partial charge in [-0.15, -0.1) is 0 Å². The van der Waals surface area contributed by atoms with E-state index in [2.05, 4.69) is 0 Å². The lowest BCUT2D eigenvalue weighted by molar-refractivity contribution is -0.0675. The SMILES string of the molecule is c1ccc(OCOC2CCC2)cc1. The summed E-state index contributed by atoms with van der Waals surface area (Å²) in [6.07, 6.45) is 4.13. The third-order valence-electron chi connectivity index (χ3n) is 2.32. The van der Waals surface area contributed by atoms with Crippen molar-refractivity contribution in [2.75, 3.05) is 6.79 Å². The molecule has 1 saturated carbocycles. The minimum Gasteiger partial charge on any atom is -0.468 e. The molecule has 0 radical (unpaired) electrons. The summed E-state index contributed by atoms with van der Waals surface area (Å²) < 4.78 is 10.8. The Hall–Kier alpha value is -1.02. The van der Waals surface area contributed by atoms with E-state index in [0.717, 1.165) is 5.75 Å². The first kappa shape index (κ1) is 8.57. The highest BCUT2D eigenvalue weighted by molar-refractivity contribution is 5.20. The van der Waals surface area contributed by atoms with Gasteiger partial charge in [0.1, 0.15) is 5.75 Å². The van der Waals surface area contributed by atoms with Crippen molar-refractivity contribution in [1.82, 2.24) is 0 Å². The molecule has 1 aromatic carbocycles. The van der Waals surface area contributed by atoms with Crippen LogP contribution in [0.4, 0.5) is 0 Å². The van der Waals surface area contributed by atoms with Gasteiger partial charge in [0.05, 0.1) is 6.10 Å². The highest BCUT2D eigenvalue weighted by Gasteiger charge is 2.17. The largest absolute Gasteiger partial charge is 0.468 e. The lowest BCUT2D eigenvalue weighted by atomic mass is 9.96. The van der Waals surface area contributed by atoms with E-state index in [9.17, 15) is 0 Å². The molecule has 2 heteroatoms. The van der Waals surface area contributed by atoms with E-state index in [1.807, 2.05) is 30.3 Å². The maximum Gasteiger partial charge on any atom is 0.189 e. The number of ether oxygens (including phenoxy) is 2. The summed E-state index contributed by atoms with van der Waals surface area (Å²) in [5.74, 6) is 0.877. The molecular weight excluding hydrogens is 164 g/mol. The molecule has 0 atom stereocenters. The first-order valence-corrected chi connectivity index (χ1v) is 4.74. The zero-order chi connectivity index (χ0) is 8.93. The first-order valence-electron chi connectivity index (χ1n) is 4.74. The van der Waals surface area contributed by atoms with E-state index in [1.165, 1.54) is 19.3 Å². The van der Waals surface area contributed by atoms with Crippen molar-refractivity contribution in [1.29, 1.82) is 0 Å². The molecule has 0 aliphatic heterocycles. The summed E-state index contributed by atoms with van der Waals surface area (Å²) in [5, 5.41) is 0. The van der Waals surface area contributed by atoms with Crippen LogP contribution in [0.2, 0.25) is 0 Å². The quantitative estimate of drug-likeness (QED) is 0.660. The molecule has 0 heterocycles. The summed E-state index contributed by atoms with van der Waals surface area (Å²) in [7, 11) is 0. The maximum absolute atomic E-state index is 5.46. The van der Waals surface area contributed by atoms with Gasteiger partial charge in [-0.3, -0.25) is 0 Å². The van der Waals surface area contributed by atoms with Gasteiger partial charge in [-0.1, -0.05) is 18.2 Å². The van der Waals surface area contributed by atoms with Crippen LogP contribution in [0.3, 0.4) is 0 Å². The van der Waals surface area contributed by atoms with Crippen molar-refractivity contribution in [3.63, 3.8) is 0 Å². The second-order valence-corrected chi connectivity index (χ2v) is 3.29. The standard InChI is InChI=1S/C11H14O2/c1-2-5-10(6-3-1)12-9-13-11-7-4-8-11/h1-3,5-6,11H,4,7-9H2. The number of hydrogen-bond acceptors (Lipinski definition) is 2. The maximum atomic E-state index is 5.46. The number of benzene rings is 1. The molecule has 0 spiro atoms. The average Bonchev–Trinajstić information content (AvgIpc) is 2.11. The Balaban J connectivity index is 1.67. The predicted octanol–water partition coefficient (Wildman–Crippen LogP) is 2.59. The number of para-hydroxylation sites is 1. The summed E-state index contributed by atoms with van der Waals surface area (Å²) in [6, 6.07) is 9.76. The van der Waals surface area contributed by atoms with Crippen LogP contribution in [-0.2, 0) is 4.74 Å². The van der Waals surface area contributed by atoms with Gasteiger partial charge >= 0.3 is 0 Å². The molecule has 1 aliphatic rings. The topological polar surface area (TPSA) is 18.5 Å². The average molecular weight is 178 g/mol. The number of hydrogen-bond donors (Lipinski definition) is 0. The minimum absolute atomic E-state index is 0.384. The monoisotopic (exact) mass is 178 g/mol. The molecule has 13 heavy (non-hydrogen) atoms. The second kappa shape index (κ2) is 4.28. The molecule has 0 amide bonds. The van der Waals surface area contributed by atoms with Crippen LogP contribution in [0.5, 0.6) is 5.75 Å². The minimum atomic E-state index is 0.384. The fourth-order valence-electron chi connectivity index (χ4n) is 1.25. The Morgan fingerprint density at radius 3 is 2.54 bits per heavy atom. The summed E-state index contributed by atoms with van der Waals surface area (Å²) in [6.45, 7) is 0.384. The molecule has 70 valence electrons. The molecule has 0 unspecified atom stereocenters. The molecule has 0 N–H and O–H groups in total. The van der Waals surface area contributed by atoms with E-state index < -0.39 is 0 Å². The van der Waals surface area contributed by atoms with Crippen molar-refractivity contribution in [3.8, 4) is 5.75 Å². The fraction of sp³-hybridized carbons (Fsp3) is 0.455. The highest BCUT2D eigenvalue weighted by Crippen LogP contribution is 2.21. The number of rotatable bonds is 4. The lowest BCUT2D eigenvalue weighted by Crippen LogP contribution is -2.23. The Bertz CT molecular complexity index is 242. The second-order valence-electron chi connectivity index (χ2n) is 3.29. The van der Waals surface area contributed by atoms with Gasteiger partial charge in [0.2, 0.25) is 0 Å². The summed E-state index contributed by atoms with van der Waals surface area (Å²) >= 11 is 0. The predicted molar refractivity (Wildman–Crippen MR) is 50.7 cm³/mol. The Labute approximate surface area is 78.5 Å². The van der Waals surface area contributed by atoms with Crippen LogP contribution in [0.15, 0.2) is 30.3 Å². The van der Waals surface area contributed by atoms with Crippen LogP contribution < -0.4 is 4.74 Å². The summed E-state index contributed by atoms with van der Waals surface area (Å²) in [4.78, 5) is 0. The molecule has 0 saturated heterocycles. The van der Waals surface area contributed by atoms with Crippen molar-refractivity contribution in [2.45, 2.75) is 25.4 Å². The van der Waals surface area contributed by atoms with E-state index in [1.54, 1.807) is 0 Å². The van der Waals surface area contributed by atoms with E-state index >= 15 is 0 Å². The van der Waals surface area contributed by atoms with Crippen LogP contribution >= 0.6 is 0 Å². The third-order valence-corrected chi connectivity index (χ3v) is 2.32. The molecular formula is C11H14O2. The van der Waals surface area contributed by atoms with E-state index in [0.29, 0.717) is 12.9 Å². The Morgan fingerprint density at radius 2 is 1.92 bits per heavy atom. The van der Waals surface area contributed by atoms with Crippen molar-refractivity contribution < 1.29 is 9.47 Å². The molecule has 2 rings (SSSR count). The molecule has 0 aromatic heterocycles. The van der Waals surface area contributed by atoms with Gasteiger partial charge in [0.25, 0.3) is 0 Å².